The van der Waals surface area contributed by atoms with Crippen LogP contribution in [0.15, 0.2) is 54.6 Å². The summed E-state index contributed by atoms with van der Waals surface area (Å²) >= 11 is 0. The van der Waals surface area contributed by atoms with Gasteiger partial charge in [0, 0.05) is 57.2 Å². The summed E-state index contributed by atoms with van der Waals surface area (Å²) < 4.78 is 64.7. The minimum atomic E-state index is -1.03. The van der Waals surface area contributed by atoms with Gasteiger partial charge in [-0.3, -0.25) is 10.1 Å². The molecule has 14 nitrogen and oxygen atoms in total. The standard InChI is InChI=1S/C48H67NO13/c1-7-32-17-25(2)27(4)37(56-32)22-38-35(41(53-6)39(58-38)21-31(51)24-54-47(52)49-29-11-9-8-10-12-29)20-30(50)19-33-13-14-36-42(57-33)46-45-44(59-36)43-40(60-45)23-48(61-43,62-46)16-15-34-18-26(3)28(5)55-34/h8-12,25,28,31-46,51H,3-4,7,13-24H2,1-2,5-6H3,(H,49,52). The first-order valence-electron chi connectivity index (χ1n) is 23.2. The van der Waals surface area contributed by atoms with Gasteiger partial charge in [-0.25, -0.2) is 4.79 Å². The summed E-state index contributed by atoms with van der Waals surface area (Å²) in [5.74, 6) is -0.790. The fraction of sp³-hybridized carbons (Fsp3) is 0.750. The van der Waals surface area contributed by atoms with Crippen LogP contribution < -0.4 is 5.32 Å². The van der Waals surface area contributed by atoms with Gasteiger partial charge in [-0.05, 0) is 74.6 Å². The minimum Gasteiger partial charge on any atom is -0.447 e. The van der Waals surface area contributed by atoms with Crippen LogP contribution in [-0.2, 0) is 52.2 Å². The highest BCUT2D eigenvalue weighted by atomic mass is 16.8. The molecule has 14 heteroatoms. The van der Waals surface area contributed by atoms with Crippen molar-refractivity contribution in [1.82, 2.24) is 0 Å². The largest absolute Gasteiger partial charge is 0.447 e. The summed E-state index contributed by atoms with van der Waals surface area (Å²) in [5.41, 5.74) is 2.74. The fourth-order valence-electron chi connectivity index (χ4n) is 11.7. The Bertz CT molecular complexity index is 1780. The van der Waals surface area contributed by atoms with E-state index in [1.807, 2.05) is 18.2 Å². The third-order valence-electron chi connectivity index (χ3n) is 15.0. The highest BCUT2D eigenvalue weighted by Crippen LogP contribution is 2.54. The van der Waals surface area contributed by atoms with Crippen molar-refractivity contribution in [2.75, 3.05) is 19.0 Å². The molecule has 1 aromatic rings. The molecule has 6 bridgehead atoms. The third kappa shape index (κ3) is 9.21. The number of aliphatic hydroxyl groups excluding tert-OH is 1. The van der Waals surface area contributed by atoms with Crippen LogP contribution in [0.4, 0.5) is 10.5 Å². The lowest BCUT2D eigenvalue weighted by molar-refractivity contribution is -0.292. The molecule has 0 aromatic heterocycles. The molecule has 9 fully saturated rings. The molecule has 62 heavy (non-hydrogen) atoms. The first kappa shape index (κ1) is 44.4. The highest BCUT2D eigenvalue weighted by Gasteiger charge is 2.68. The molecule has 9 heterocycles. The van der Waals surface area contributed by atoms with E-state index in [4.69, 9.17) is 47.4 Å². The van der Waals surface area contributed by atoms with E-state index >= 15 is 0 Å². The Balaban J connectivity index is 0.848. The zero-order valence-electron chi connectivity index (χ0n) is 36.7. The molecule has 0 saturated carbocycles. The van der Waals surface area contributed by atoms with E-state index in [-0.39, 0.29) is 111 Å². The van der Waals surface area contributed by atoms with Gasteiger partial charge >= 0.3 is 6.09 Å². The molecule has 1 aromatic carbocycles. The number of Topliss-reactive ketones (excluding diaryl/α,β-unsaturated/α-hetero) is 1. The van der Waals surface area contributed by atoms with Crippen molar-refractivity contribution in [2.45, 2.75) is 201 Å². The smallest absolute Gasteiger partial charge is 0.411 e. The van der Waals surface area contributed by atoms with Crippen LogP contribution >= 0.6 is 0 Å². The van der Waals surface area contributed by atoms with Gasteiger partial charge in [-0.15, -0.1) is 0 Å². The van der Waals surface area contributed by atoms with E-state index in [1.54, 1.807) is 19.2 Å². The lowest BCUT2D eigenvalue weighted by Crippen LogP contribution is -2.61. The van der Waals surface area contributed by atoms with Gasteiger partial charge in [0.05, 0.1) is 67.1 Å². The van der Waals surface area contributed by atoms with Gasteiger partial charge in [0.2, 0.25) is 0 Å². The maximum Gasteiger partial charge on any atom is 0.411 e. The average molecular weight is 866 g/mol. The third-order valence-corrected chi connectivity index (χ3v) is 15.0. The molecule has 1 amide bonds. The van der Waals surface area contributed by atoms with Gasteiger partial charge in [0.1, 0.15) is 42.9 Å². The summed E-state index contributed by atoms with van der Waals surface area (Å²) in [5, 5.41) is 13.8. The van der Waals surface area contributed by atoms with Crippen LogP contribution in [0.2, 0.25) is 0 Å². The molecule has 10 rings (SSSR count). The van der Waals surface area contributed by atoms with Crippen LogP contribution in [0.5, 0.6) is 0 Å². The van der Waals surface area contributed by atoms with E-state index in [1.165, 1.54) is 0 Å². The van der Waals surface area contributed by atoms with Crippen molar-refractivity contribution in [3.63, 3.8) is 0 Å². The highest BCUT2D eigenvalue weighted by molar-refractivity contribution is 5.84. The zero-order chi connectivity index (χ0) is 43.3. The quantitative estimate of drug-likeness (QED) is 0.177. The Hall–Kier alpha value is -2.76. The van der Waals surface area contributed by atoms with Gasteiger partial charge in [-0.2, -0.15) is 0 Å². The topological polar surface area (TPSA) is 159 Å². The van der Waals surface area contributed by atoms with Crippen LogP contribution in [0.25, 0.3) is 0 Å². The normalized spacial score (nSPS) is 43.7. The average Bonchev–Trinajstić information content (AvgIpc) is 3.92. The van der Waals surface area contributed by atoms with Gasteiger partial charge in [0.15, 0.2) is 5.79 Å². The second-order valence-electron chi connectivity index (χ2n) is 19.3. The number of ether oxygens (including phenoxy) is 10. The van der Waals surface area contributed by atoms with Gasteiger partial charge in [-0.1, -0.05) is 45.2 Å². The maximum absolute atomic E-state index is 14.3. The maximum atomic E-state index is 14.3. The Morgan fingerprint density at radius 1 is 0.887 bits per heavy atom. The predicted octanol–water partition coefficient (Wildman–Crippen LogP) is 6.36. The number of methoxy groups -OCH3 is 1. The van der Waals surface area contributed by atoms with Crippen molar-refractivity contribution < 1.29 is 62.1 Å². The fourth-order valence-corrected chi connectivity index (χ4v) is 11.7. The van der Waals surface area contributed by atoms with Gasteiger partial charge < -0.3 is 52.5 Å². The predicted molar refractivity (Wildman–Crippen MR) is 225 cm³/mol. The van der Waals surface area contributed by atoms with E-state index < -0.39 is 42.4 Å². The number of para-hydroxylation sites is 1. The van der Waals surface area contributed by atoms with Crippen molar-refractivity contribution in [3.05, 3.63) is 54.6 Å². The van der Waals surface area contributed by atoms with Crippen LogP contribution in [0.3, 0.4) is 0 Å². The number of amides is 1. The molecular weight excluding hydrogens is 799 g/mol. The summed E-state index contributed by atoms with van der Waals surface area (Å²) in [6, 6.07) is 8.97. The van der Waals surface area contributed by atoms with Crippen molar-refractivity contribution >= 4 is 17.6 Å². The van der Waals surface area contributed by atoms with Crippen molar-refractivity contribution in [3.8, 4) is 0 Å². The molecule has 0 spiro atoms. The number of aliphatic hydroxyl groups is 1. The number of hydrogen-bond acceptors (Lipinski definition) is 13. The number of fused-ring (bicyclic) bond motifs is 1. The molecule has 342 valence electrons. The number of rotatable bonds is 16. The molecule has 0 radical (unpaired) electrons. The Morgan fingerprint density at radius 2 is 1.66 bits per heavy atom. The number of hydrogen-bond donors (Lipinski definition) is 2. The molecule has 19 atom stereocenters. The second kappa shape index (κ2) is 18.6. The van der Waals surface area contributed by atoms with E-state index in [2.05, 4.69) is 39.2 Å². The molecule has 19 unspecified atom stereocenters. The molecule has 9 aliphatic rings. The summed E-state index contributed by atoms with van der Waals surface area (Å²) in [6.07, 6.45) is 2.06. The number of anilines is 1. The number of carbonyl (C=O) groups excluding carboxylic acids is 2. The van der Waals surface area contributed by atoms with Crippen LogP contribution in [0, 0.1) is 11.8 Å². The molecule has 9 aliphatic heterocycles. The first-order valence-corrected chi connectivity index (χ1v) is 23.2. The van der Waals surface area contributed by atoms with Crippen molar-refractivity contribution in [1.29, 1.82) is 0 Å². The molecular formula is C48H67NO13. The summed E-state index contributed by atoms with van der Waals surface area (Å²) in [7, 11) is 1.62. The van der Waals surface area contributed by atoms with Crippen molar-refractivity contribution in [2.24, 2.45) is 11.8 Å². The van der Waals surface area contributed by atoms with Crippen LogP contribution in [0.1, 0.15) is 97.8 Å². The first-order chi connectivity index (χ1) is 29.9. The molecule has 2 N–H and O–H groups in total. The van der Waals surface area contributed by atoms with E-state index in [0.29, 0.717) is 31.4 Å². The zero-order valence-corrected chi connectivity index (χ0v) is 36.7. The van der Waals surface area contributed by atoms with Gasteiger partial charge in [0.25, 0.3) is 0 Å². The monoisotopic (exact) mass is 865 g/mol. The minimum absolute atomic E-state index is 0.0439. The number of nitrogens with one attached hydrogen (secondary N) is 1. The Labute approximate surface area is 365 Å². The SMILES string of the molecule is C=C1CC(CCC23CC4OC5C(OC6CCC(CC(=O)CC7C(CC8OC(CC)CC(C)C8=C)OC(CC(O)COC(=O)Nc8ccccc8)C7OC)OC6C5O2)C4O3)OC1C. The lowest BCUT2D eigenvalue weighted by Gasteiger charge is -2.47. The molecule has 0 aliphatic carbocycles. The summed E-state index contributed by atoms with van der Waals surface area (Å²) in [4.78, 5) is 26.8. The number of ketones is 1. The van der Waals surface area contributed by atoms with E-state index in [9.17, 15) is 14.7 Å². The second-order valence-corrected chi connectivity index (χ2v) is 19.3. The Morgan fingerprint density at radius 3 is 2.42 bits per heavy atom. The Kier molecular flexibility index (Phi) is 13.3. The number of benzene rings is 1. The lowest BCUT2D eigenvalue weighted by atomic mass is 9.81. The number of carbonyl (C=O) groups is 2. The van der Waals surface area contributed by atoms with Crippen LogP contribution in [-0.4, -0.2) is 134 Å². The van der Waals surface area contributed by atoms with E-state index in [0.717, 1.165) is 43.3 Å². The molecule has 9 saturated heterocycles. The summed E-state index contributed by atoms with van der Waals surface area (Å²) in [6.45, 7) is 14.7.